The first-order valence-corrected chi connectivity index (χ1v) is 7.31. The molecule has 5 heteroatoms. The number of H-pyrrole nitrogens is 1. The van der Waals surface area contributed by atoms with Crippen molar-refractivity contribution in [1.82, 2.24) is 4.98 Å². The molecule has 0 atom stereocenters. The number of carbonyl (C=O) groups excluding carboxylic acids is 2. The maximum Gasteiger partial charge on any atom is 0.216 e. The Morgan fingerprint density at radius 1 is 1.24 bits per heavy atom. The maximum absolute atomic E-state index is 12.3. The van der Waals surface area contributed by atoms with Crippen LogP contribution >= 0.6 is 15.9 Å². The predicted octanol–water partition coefficient (Wildman–Crippen LogP) is 3.86. The Labute approximate surface area is 131 Å². The van der Waals surface area contributed by atoms with Gasteiger partial charge in [-0.25, -0.2) is 0 Å². The number of benzene rings is 1. The number of hydrogen-bond acceptors (Lipinski definition) is 3. The molecule has 1 aromatic carbocycles. The van der Waals surface area contributed by atoms with Gasteiger partial charge in [0.15, 0.2) is 12.4 Å². The number of ketones is 2. The first-order chi connectivity index (χ1) is 9.91. The minimum Gasteiger partial charge on any atom is -0.484 e. The minimum atomic E-state index is -0.182. The van der Waals surface area contributed by atoms with Crippen LogP contribution < -0.4 is 4.74 Å². The van der Waals surface area contributed by atoms with Gasteiger partial charge in [-0.2, -0.15) is 0 Å². The van der Waals surface area contributed by atoms with Crippen LogP contribution in [-0.4, -0.2) is 23.2 Å². The van der Waals surface area contributed by atoms with E-state index in [0.29, 0.717) is 28.3 Å². The summed E-state index contributed by atoms with van der Waals surface area (Å²) in [5.41, 5.74) is 2.41. The summed E-state index contributed by atoms with van der Waals surface area (Å²) in [7, 11) is 0. The van der Waals surface area contributed by atoms with Gasteiger partial charge in [-0.15, -0.1) is 0 Å². The number of aromatic nitrogens is 1. The molecule has 0 saturated carbocycles. The van der Waals surface area contributed by atoms with Gasteiger partial charge in [0.1, 0.15) is 5.75 Å². The highest BCUT2D eigenvalue weighted by Gasteiger charge is 2.20. The van der Waals surface area contributed by atoms with Crippen LogP contribution in [0, 0.1) is 13.8 Å². The second-order valence-electron chi connectivity index (χ2n) is 4.82. The molecule has 1 aromatic heterocycles. The zero-order chi connectivity index (χ0) is 15.6. The Morgan fingerprint density at radius 3 is 2.48 bits per heavy atom. The third-order valence-corrected chi connectivity index (χ3v) is 3.92. The minimum absolute atomic E-state index is 0.0491. The average Bonchev–Trinajstić information content (AvgIpc) is 2.73. The lowest BCUT2D eigenvalue weighted by molar-refractivity contribution is 0.0915. The molecule has 0 aliphatic carbocycles. The number of halogens is 1. The summed E-state index contributed by atoms with van der Waals surface area (Å²) >= 11 is 3.36. The van der Waals surface area contributed by atoms with E-state index in [9.17, 15) is 9.59 Å². The monoisotopic (exact) mass is 349 g/mol. The fraction of sp³-hybridized carbons (Fsp3) is 0.250. The highest BCUT2D eigenvalue weighted by Crippen LogP contribution is 2.24. The van der Waals surface area contributed by atoms with Gasteiger partial charge < -0.3 is 9.72 Å². The maximum atomic E-state index is 12.3. The van der Waals surface area contributed by atoms with Crippen molar-refractivity contribution in [1.29, 1.82) is 0 Å². The number of carbonyl (C=O) groups is 2. The molecule has 0 unspecified atom stereocenters. The molecule has 110 valence electrons. The van der Waals surface area contributed by atoms with Gasteiger partial charge in [-0.1, -0.05) is 12.1 Å². The van der Waals surface area contributed by atoms with Crippen molar-refractivity contribution in [2.45, 2.75) is 20.8 Å². The summed E-state index contributed by atoms with van der Waals surface area (Å²) in [6.45, 7) is 4.97. The van der Waals surface area contributed by atoms with E-state index in [1.165, 1.54) is 6.92 Å². The molecule has 0 fully saturated rings. The van der Waals surface area contributed by atoms with E-state index in [0.717, 1.165) is 4.47 Å². The van der Waals surface area contributed by atoms with E-state index < -0.39 is 0 Å². The zero-order valence-corrected chi connectivity index (χ0v) is 13.7. The molecule has 2 aromatic rings. The zero-order valence-electron chi connectivity index (χ0n) is 12.1. The van der Waals surface area contributed by atoms with Gasteiger partial charge in [0.2, 0.25) is 5.78 Å². The number of rotatable bonds is 5. The third kappa shape index (κ3) is 3.24. The fourth-order valence-electron chi connectivity index (χ4n) is 2.33. The van der Waals surface area contributed by atoms with Crippen LogP contribution in [0.15, 0.2) is 28.7 Å². The van der Waals surface area contributed by atoms with Crippen LogP contribution in [0.1, 0.15) is 39.0 Å². The van der Waals surface area contributed by atoms with E-state index in [4.69, 9.17) is 4.74 Å². The van der Waals surface area contributed by atoms with E-state index in [1.807, 2.05) is 18.2 Å². The molecular weight excluding hydrogens is 334 g/mol. The van der Waals surface area contributed by atoms with Crippen LogP contribution in [0.2, 0.25) is 0 Å². The van der Waals surface area contributed by atoms with Gasteiger partial charge in [0.05, 0.1) is 10.2 Å². The van der Waals surface area contributed by atoms with Crippen LogP contribution in [0.25, 0.3) is 0 Å². The lowest BCUT2D eigenvalue weighted by Crippen LogP contribution is -2.13. The van der Waals surface area contributed by atoms with Crippen LogP contribution in [-0.2, 0) is 0 Å². The topological polar surface area (TPSA) is 59.2 Å². The molecule has 0 spiro atoms. The lowest BCUT2D eigenvalue weighted by atomic mass is 10.1. The van der Waals surface area contributed by atoms with Crippen LogP contribution in [0.4, 0.5) is 0 Å². The van der Waals surface area contributed by atoms with Crippen LogP contribution in [0.5, 0.6) is 5.75 Å². The number of aromatic amines is 1. The van der Waals surface area contributed by atoms with Gasteiger partial charge in [0.25, 0.3) is 0 Å². The summed E-state index contributed by atoms with van der Waals surface area (Å²) in [6, 6.07) is 7.34. The van der Waals surface area contributed by atoms with Crippen molar-refractivity contribution in [2.24, 2.45) is 0 Å². The van der Waals surface area contributed by atoms with E-state index >= 15 is 0 Å². The number of nitrogens with one attached hydrogen (secondary N) is 1. The summed E-state index contributed by atoms with van der Waals surface area (Å²) in [6.07, 6.45) is 0. The van der Waals surface area contributed by atoms with Gasteiger partial charge in [-0.05, 0) is 54.4 Å². The van der Waals surface area contributed by atoms with Crippen molar-refractivity contribution >= 4 is 27.5 Å². The molecule has 0 saturated heterocycles. The number of hydrogen-bond donors (Lipinski definition) is 1. The Morgan fingerprint density at radius 2 is 1.90 bits per heavy atom. The van der Waals surface area contributed by atoms with Crippen molar-refractivity contribution in [3.8, 4) is 5.75 Å². The number of aryl methyl sites for hydroxylation is 1. The Bertz CT molecular complexity index is 704. The molecule has 0 aliphatic heterocycles. The summed E-state index contributed by atoms with van der Waals surface area (Å²) in [5, 5.41) is 0. The normalized spacial score (nSPS) is 10.5. The predicted molar refractivity (Wildman–Crippen MR) is 84.2 cm³/mol. The largest absolute Gasteiger partial charge is 0.484 e. The molecule has 0 radical (unpaired) electrons. The number of para-hydroxylation sites is 1. The standard InChI is InChI=1S/C16H16BrNO3/c1-9-15(11(3)19)10(2)18-16(9)13(20)8-21-14-7-5-4-6-12(14)17/h4-7,18H,8H2,1-3H3. The molecule has 1 heterocycles. The number of ether oxygens (including phenoxy) is 1. The van der Waals surface area contributed by atoms with Crippen molar-refractivity contribution in [3.05, 3.63) is 51.3 Å². The van der Waals surface area contributed by atoms with E-state index in [2.05, 4.69) is 20.9 Å². The Hall–Kier alpha value is -1.88. The third-order valence-electron chi connectivity index (χ3n) is 3.26. The van der Waals surface area contributed by atoms with Crippen molar-refractivity contribution < 1.29 is 14.3 Å². The van der Waals surface area contributed by atoms with E-state index in [-0.39, 0.29) is 18.2 Å². The molecule has 4 nitrogen and oxygen atoms in total. The highest BCUT2D eigenvalue weighted by molar-refractivity contribution is 9.10. The van der Waals surface area contributed by atoms with Gasteiger partial charge in [0, 0.05) is 11.3 Å². The molecule has 0 amide bonds. The van der Waals surface area contributed by atoms with Crippen molar-refractivity contribution in [2.75, 3.05) is 6.61 Å². The smallest absolute Gasteiger partial charge is 0.216 e. The molecule has 21 heavy (non-hydrogen) atoms. The first-order valence-electron chi connectivity index (χ1n) is 6.52. The molecule has 0 bridgehead atoms. The first kappa shape index (κ1) is 15.5. The van der Waals surface area contributed by atoms with E-state index in [1.54, 1.807) is 19.9 Å². The van der Waals surface area contributed by atoms with Gasteiger partial charge >= 0.3 is 0 Å². The summed E-state index contributed by atoms with van der Waals surface area (Å²) in [4.78, 5) is 26.8. The summed E-state index contributed by atoms with van der Waals surface area (Å²) < 4.78 is 6.31. The molecular formula is C16H16BrNO3. The van der Waals surface area contributed by atoms with Crippen LogP contribution in [0.3, 0.4) is 0 Å². The second kappa shape index (κ2) is 6.26. The molecule has 1 N–H and O–H groups in total. The molecule has 2 rings (SSSR count). The average molecular weight is 350 g/mol. The molecule has 0 aliphatic rings. The summed E-state index contributed by atoms with van der Waals surface area (Å²) in [5.74, 6) is 0.379. The fourth-order valence-corrected chi connectivity index (χ4v) is 2.73. The number of Topliss-reactive ketones (excluding diaryl/α,β-unsaturated/α-hetero) is 2. The highest BCUT2D eigenvalue weighted by atomic mass is 79.9. The quantitative estimate of drug-likeness (QED) is 0.833. The SMILES string of the molecule is CC(=O)c1c(C)[nH]c(C(=O)COc2ccccc2Br)c1C. The van der Waals surface area contributed by atoms with Gasteiger partial charge in [-0.3, -0.25) is 9.59 Å². The van der Waals surface area contributed by atoms with Crippen molar-refractivity contribution in [3.63, 3.8) is 0 Å². The Balaban J connectivity index is 2.17. The Kier molecular flexibility index (Phi) is 4.63. The second-order valence-corrected chi connectivity index (χ2v) is 5.68. The lowest BCUT2D eigenvalue weighted by Gasteiger charge is -2.07.